The van der Waals surface area contributed by atoms with Gasteiger partial charge in [-0.25, -0.2) is 0 Å². The molecule has 1 aliphatic carbocycles. The smallest absolute Gasteiger partial charge is 0.0242 e. The van der Waals surface area contributed by atoms with Crippen molar-refractivity contribution in [3.63, 3.8) is 0 Å². The molecule has 62 valence electrons. The fourth-order valence-electron chi connectivity index (χ4n) is 2.05. The first-order valence-electron chi connectivity index (χ1n) is 4.58. The van der Waals surface area contributed by atoms with Crippen LogP contribution in [0.3, 0.4) is 0 Å². The predicted octanol–water partition coefficient (Wildman–Crippen LogP) is 2.98. The number of hydrogen-bond donors (Lipinski definition) is 0. The Balaban J connectivity index is 2.16. The molecule has 0 saturated carbocycles. The van der Waals surface area contributed by atoms with E-state index in [4.69, 9.17) is 0 Å². The van der Waals surface area contributed by atoms with E-state index in [9.17, 15) is 0 Å². The van der Waals surface area contributed by atoms with Gasteiger partial charge in [0, 0.05) is 0 Å². The van der Waals surface area contributed by atoms with Crippen LogP contribution < -0.4 is 0 Å². The van der Waals surface area contributed by atoms with Crippen LogP contribution in [0.1, 0.15) is 17.5 Å². The molecule has 0 spiro atoms. The van der Waals surface area contributed by atoms with E-state index < -0.39 is 0 Å². The van der Waals surface area contributed by atoms with Crippen molar-refractivity contribution in [2.24, 2.45) is 5.92 Å². The average Bonchev–Trinajstić information content (AvgIpc) is 2.47. The van der Waals surface area contributed by atoms with Crippen molar-refractivity contribution in [2.45, 2.75) is 19.3 Å². The lowest BCUT2D eigenvalue weighted by molar-refractivity contribution is 0.572. The largest absolute Gasteiger partial charge is 0.103 e. The van der Waals surface area contributed by atoms with E-state index in [2.05, 4.69) is 30.8 Å². The second kappa shape index (κ2) is 3.14. The first kappa shape index (κ1) is 7.60. The minimum atomic E-state index is 0.819. The van der Waals surface area contributed by atoms with Gasteiger partial charge in [-0.2, -0.15) is 0 Å². The van der Waals surface area contributed by atoms with Gasteiger partial charge in [0.15, 0.2) is 0 Å². The van der Waals surface area contributed by atoms with Crippen LogP contribution in [-0.4, -0.2) is 0 Å². The van der Waals surface area contributed by atoms with Gasteiger partial charge in [0.05, 0.1) is 0 Å². The molecule has 0 saturated heterocycles. The third-order valence-electron chi connectivity index (χ3n) is 2.64. The summed E-state index contributed by atoms with van der Waals surface area (Å²) in [5, 5.41) is 0. The third-order valence-corrected chi connectivity index (χ3v) is 2.64. The summed E-state index contributed by atoms with van der Waals surface area (Å²) in [6.07, 6.45) is 5.70. The molecule has 2 rings (SSSR count). The van der Waals surface area contributed by atoms with Gasteiger partial charge < -0.3 is 0 Å². The van der Waals surface area contributed by atoms with Gasteiger partial charge >= 0.3 is 0 Å². The molecule has 12 heavy (non-hydrogen) atoms. The molecule has 1 aliphatic rings. The lowest BCUT2D eigenvalue weighted by atomic mass is 10.0. The van der Waals surface area contributed by atoms with Crippen LogP contribution >= 0.6 is 0 Å². The highest BCUT2D eigenvalue weighted by atomic mass is 14.2. The van der Waals surface area contributed by atoms with Crippen LogP contribution in [0.25, 0.3) is 0 Å². The van der Waals surface area contributed by atoms with E-state index in [0.717, 1.165) is 12.3 Å². The van der Waals surface area contributed by atoms with E-state index in [1.807, 2.05) is 6.08 Å². The Morgan fingerprint density at radius 2 is 1.83 bits per heavy atom. The zero-order valence-corrected chi connectivity index (χ0v) is 7.29. The summed E-state index contributed by atoms with van der Waals surface area (Å²) in [5.41, 5.74) is 3.09. The van der Waals surface area contributed by atoms with Crippen LogP contribution in [0, 0.1) is 5.92 Å². The predicted molar refractivity (Wildman–Crippen MR) is 52.2 cm³/mol. The van der Waals surface area contributed by atoms with E-state index in [-0.39, 0.29) is 0 Å². The molecule has 0 unspecified atom stereocenters. The van der Waals surface area contributed by atoms with Gasteiger partial charge in [-0.05, 0) is 36.3 Å². The van der Waals surface area contributed by atoms with Crippen molar-refractivity contribution >= 4 is 0 Å². The van der Waals surface area contributed by atoms with Gasteiger partial charge in [0.25, 0.3) is 0 Å². The Morgan fingerprint density at radius 1 is 1.25 bits per heavy atom. The van der Waals surface area contributed by atoms with Crippen molar-refractivity contribution in [3.8, 4) is 0 Å². The monoisotopic (exact) mass is 158 g/mol. The quantitative estimate of drug-likeness (QED) is 0.580. The molecule has 0 bridgehead atoms. The fraction of sp³-hybridized carbons (Fsp3) is 0.333. The molecule has 0 amide bonds. The number of fused-ring (bicyclic) bond motifs is 1. The summed E-state index contributed by atoms with van der Waals surface area (Å²) >= 11 is 0. The lowest BCUT2D eigenvalue weighted by Gasteiger charge is -2.02. The van der Waals surface area contributed by atoms with Gasteiger partial charge in [-0.15, -0.1) is 6.58 Å². The molecule has 0 radical (unpaired) electrons. The average molecular weight is 158 g/mol. The first-order valence-corrected chi connectivity index (χ1v) is 4.58. The summed E-state index contributed by atoms with van der Waals surface area (Å²) in [6.45, 7) is 3.79. The second-order valence-electron chi connectivity index (χ2n) is 3.57. The lowest BCUT2D eigenvalue weighted by Crippen LogP contribution is -1.96. The van der Waals surface area contributed by atoms with Crippen LogP contribution in [-0.2, 0) is 12.8 Å². The zero-order chi connectivity index (χ0) is 8.39. The molecule has 0 aromatic heterocycles. The highest BCUT2D eigenvalue weighted by Crippen LogP contribution is 2.28. The summed E-state index contributed by atoms with van der Waals surface area (Å²) in [5.74, 6) is 0.819. The van der Waals surface area contributed by atoms with Gasteiger partial charge in [0.1, 0.15) is 0 Å². The second-order valence-corrected chi connectivity index (χ2v) is 3.57. The summed E-state index contributed by atoms with van der Waals surface area (Å²) in [6, 6.07) is 8.76. The maximum absolute atomic E-state index is 3.79. The molecule has 0 N–H and O–H groups in total. The van der Waals surface area contributed by atoms with Crippen LogP contribution in [0.5, 0.6) is 0 Å². The van der Waals surface area contributed by atoms with Crippen LogP contribution in [0.2, 0.25) is 0 Å². The van der Waals surface area contributed by atoms with Crippen molar-refractivity contribution in [1.29, 1.82) is 0 Å². The van der Waals surface area contributed by atoms with Crippen molar-refractivity contribution in [2.75, 3.05) is 0 Å². The maximum atomic E-state index is 3.79. The molecule has 1 aromatic rings. The van der Waals surface area contributed by atoms with Gasteiger partial charge in [0.2, 0.25) is 0 Å². The van der Waals surface area contributed by atoms with E-state index in [0.29, 0.717) is 0 Å². The Bertz CT molecular complexity index is 261. The molecular weight excluding hydrogens is 144 g/mol. The number of hydrogen-bond acceptors (Lipinski definition) is 0. The van der Waals surface area contributed by atoms with Crippen molar-refractivity contribution in [3.05, 3.63) is 48.0 Å². The normalized spacial score (nSPS) is 16.0. The highest BCUT2D eigenvalue weighted by molar-refractivity contribution is 5.32. The SMILES string of the molecule is C=CCC1Cc2ccccc2C1. The fourth-order valence-corrected chi connectivity index (χ4v) is 2.05. The van der Waals surface area contributed by atoms with Crippen LogP contribution in [0.4, 0.5) is 0 Å². The summed E-state index contributed by atoms with van der Waals surface area (Å²) < 4.78 is 0. The van der Waals surface area contributed by atoms with E-state index >= 15 is 0 Å². The van der Waals surface area contributed by atoms with Gasteiger partial charge in [-0.1, -0.05) is 30.3 Å². The van der Waals surface area contributed by atoms with E-state index in [1.165, 1.54) is 12.8 Å². The Morgan fingerprint density at radius 3 is 2.33 bits per heavy atom. The highest BCUT2D eigenvalue weighted by Gasteiger charge is 2.18. The molecule has 0 fully saturated rings. The Labute approximate surface area is 73.9 Å². The molecule has 0 nitrogen and oxygen atoms in total. The molecule has 0 aliphatic heterocycles. The zero-order valence-electron chi connectivity index (χ0n) is 7.29. The Kier molecular flexibility index (Phi) is 1.99. The third kappa shape index (κ3) is 1.29. The minimum absolute atomic E-state index is 0.819. The standard InChI is InChI=1S/C12H14/c1-2-5-10-8-11-6-3-4-7-12(11)9-10/h2-4,6-7,10H,1,5,8-9H2. The summed E-state index contributed by atoms with van der Waals surface area (Å²) in [4.78, 5) is 0. The molecule has 0 heteroatoms. The van der Waals surface area contributed by atoms with Crippen molar-refractivity contribution < 1.29 is 0 Å². The number of rotatable bonds is 2. The maximum Gasteiger partial charge on any atom is -0.0242 e. The first-order chi connectivity index (χ1) is 5.90. The van der Waals surface area contributed by atoms with Crippen molar-refractivity contribution in [1.82, 2.24) is 0 Å². The minimum Gasteiger partial charge on any atom is -0.103 e. The molecule has 0 heterocycles. The van der Waals surface area contributed by atoms with E-state index in [1.54, 1.807) is 11.1 Å². The topological polar surface area (TPSA) is 0 Å². The summed E-state index contributed by atoms with van der Waals surface area (Å²) in [7, 11) is 0. The molecule has 0 atom stereocenters. The molecule has 1 aromatic carbocycles. The molecular formula is C12H14. The number of benzene rings is 1. The Hall–Kier alpha value is -1.04. The van der Waals surface area contributed by atoms with Gasteiger partial charge in [-0.3, -0.25) is 0 Å². The number of allylic oxidation sites excluding steroid dienone is 1. The van der Waals surface area contributed by atoms with Crippen LogP contribution in [0.15, 0.2) is 36.9 Å².